The third-order valence-electron chi connectivity index (χ3n) is 2.84. The van der Waals surface area contributed by atoms with Gasteiger partial charge in [0, 0.05) is 4.92 Å². The molecule has 2 unspecified atom stereocenters. The van der Waals surface area contributed by atoms with E-state index in [0.29, 0.717) is 10.0 Å². The lowest BCUT2D eigenvalue weighted by atomic mass is 10.0. The highest BCUT2D eigenvalue weighted by Crippen LogP contribution is 2.25. The van der Waals surface area contributed by atoms with Gasteiger partial charge in [-0.05, 0) is 33.6 Å². The molecule has 110 valence electrons. The number of urea groups is 1. The number of phenols is 1. The first-order valence-corrected chi connectivity index (χ1v) is 6.59. The average molecular weight is 356 g/mol. The molecule has 1 aliphatic heterocycles. The lowest BCUT2D eigenvalue weighted by Crippen LogP contribution is -2.62. The normalized spacial score (nSPS) is 22.0. The van der Waals surface area contributed by atoms with Crippen molar-refractivity contribution < 1.29 is 19.6 Å². The molecule has 1 heterocycles. The predicted molar refractivity (Wildman–Crippen MR) is 76.1 cm³/mol. The Bertz CT molecular complexity index is 646. The molecule has 2 rings (SSSR count). The number of hydrogen-bond donors (Lipinski definition) is 3. The smallest absolute Gasteiger partial charge is 0.322 e. The predicted octanol–water partition coefficient (Wildman–Crippen LogP) is 1.02. The Kier molecular flexibility index (Phi) is 4.22. The van der Waals surface area contributed by atoms with Crippen LogP contribution in [0.3, 0.4) is 0 Å². The van der Waals surface area contributed by atoms with Gasteiger partial charge in [0.1, 0.15) is 11.8 Å². The Morgan fingerprint density at radius 3 is 2.71 bits per heavy atom. The van der Waals surface area contributed by atoms with Crippen LogP contribution in [0.2, 0.25) is 0 Å². The fraction of sp³-hybridized carbons (Fsp3) is 0.167. The molecular weight excluding hydrogens is 346 g/mol. The second-order valence-corrected chi connectivity index (χ2v) is 5.14. The van der Waals surface area contributed by atoms with Crippen LogP contribution >= 0.6 is 15.9 Å². The zero-order valence-corrected chi connectivity index (χ0v) is 12.0. The number of rotatable bonds is 3. The molecule has 0 radical (unpaired) electrons. The number of hydrogen-bond acceptors (Lipinski definition) is 5. The number of carbonyl (C=O) groups excluding carboxylic acids is 2. The van der Waals surface area contributed by atoms with Gasteiger partial charge in [-0.2, -0.15) is 0 Å². The molecule has 3 amide bonds. The summed E-state index contributed by atoms with van der Waals surface area (Å²) in [4.78, 5) is 32.9. The van der Waals surface area contributed by atoms with E-state index in [4.69, 9.17) is 0 Å². The number of phenolic OH excluding ortho intramolecular Hbond substituents is 1. The van der Waals surface area contributed by atoms with Gasteiger partial charge in [-0.15, -0.1) is 0 Å². The number of aromatic hydroxyl groups is 1. The molecule has 0 aliphatic carbocycles. The maximum Gasteiger partial charge on any atom is 0.322 e. The number of halogens is 1. The van der Waals surface area contributed by atoms with Crippen molar-refractivity contribution in [2.75, 3.05) is 0 Å². The lowest BCUT2D eigenvalue weighted by Gasteiger charge is -2.23. The molecule has 1 fully saturated rings. The SMILES string of the molecule is O=C1NC(=O)C([N+](=O)[O-])C(/C=C\c2ccc(O)c(Br)c2)N1. The molecule has 1 aromatic carbocycles. The minimum absolute atomic E-state index is 0.0562. The van der Waals surface area contributed by atoms with Crippen LogP contribution in [0.15, 0.2) is 28.7 Å². The number of imide groups is 1. The summed E-state index contributed by atoms with van der Waals surface area (Å²) >= 11 is 3.14. The zero-order chi connectivity index (χ0) is 15.6. The minimum atomic E-state index is -1.58. The van der Waals surface area contributed by atoms with Gasteiger partial charge in [-0.1, -0.05) is 18.2 Å². The third-order valence-corrected chi connectivity index (χ3v) is 3.47. The van der Waals surface area contributed by atoms with Crippen molar-refractivity contribution in [1.82, 2.24) is 10.6 Å². The van der Waals surface area contributed by atoms with Gasteiger partial charge >= 0.3 is 18.0 Å². The van der Waals surface area contributed by atoms with Gasteiger partial charge in [0.15, 0.2) is 0 Å². The van der Waals surface area contributed by atoms with Crippen molar-refractivity contribution in [3.8, 4) is 5.75 Å². The average Bonchev–Trinajstić information content (AvgIpc) is 2.38. The Balaban J connectivity index is 2.23. The van der Waals surface area contributed by atoms with Crippen LogP contribution < -0.4 is 10.6 Å². The second kappa shape index (κ2) is 5.92. The molecule has 9 heteroatoms. The maximum atomic E-state index is 11.5. The van der Waals surface area contributed by atoms with Gasteiger partial charge < -0.3 is 10.4 Å². The molecular formula is C12H10BrN3O5. The van der Waals surface area contributed by atoms with E-state index < -0.39 is 28.9 Å². The summed E-state index contributed by atoms with van der Waals surface area (Å²) in [6.07, 6.45) is 2.88. The largest absolute Gasteiger partial charge is 0.507 e. The first-order valence-electron chi connectivity index (χ1n) is 5.80. The van der Waals surface area contributed by atoms with Crippen LogP contribution in [-0.2, 0) is 4.79 Å². The Morgan fingerprint density at radius 2 is 2.10 bits per heavy atom. The highest BCUT2D eigenvalue weighted by atomic mass is 79.9. The summed E-state index contributed by atoms with van der Waals surface area (Å²) in [5.74, 6) is -0.897. The standard InChI is InChI=1S/C12H10BrN3O5/c13-7-5-6(2-4-9(7)17)1-3-8-10(16(20)21)11(18)15-12(19)14-8/h1-5,8,10,17H,(H2,14,15,18,19)/b3-1-. The summed E-state index contributed by atoms with van der Waals surface area (Å²) < 4.78 is 0.459. The minimum Gasteiger partial charge on any atom is -0.507 e. The zero-order valence-electron chi connectivity index (χ0n) is 10.4. The molecule has 1 saturated heterocycles. The number of nitro groups is 1. The first kappa shape index (κ1) is 15.0. The summed E-state index contributed by atoms with van der Waals surface area (Å²) in [6.45, 7) is 0. The fourth-order valence-electron chi connectivity index (χ4n) is 1.84. The molecule has 0 aromatic heterocycles. The summed E-state index contributed by atoms with van der Waals surface area (Å²) in [7, 11) is 0. The summed E-state index contributed by atoms with van der Waals surface area (Å²) in [5.41, 5.74) is 0.641. The van der Waals surface area contributed by atoms with Crippen LogP contribution in [0.4, 0.5) is 4.79 Å². The highest BCUT2D eigenvalue weighted by Gasteiger charge is 2.43. The van der Waals surface area contributed by atoms with E-state index in [9.17, 15) is 24.8 Å². The Labute approximate surface area is 127 Å². The van der Waals surface area contributed by atoms with Crippen molar-refractivity contribution in [3.63, 3.8) is 0 Å². The number of carbonyl (C=O) groups is 2. The molecule has 21 heavy (non-hydrogen) atoms. The first-order chi connectivity index (χ1) is 9.88. The van der Waals surface area contributed by atoms with E-state index in [1.807, 2.05) is 5.32 Å². The van der Waals surface area contributed by atoms with Crippen LogP contribution in [0.1, 0.15) is 5.56 Å². The van der Waals surface area contributed by atoms with E-state index in [-0.39, 0.29) is 5.75 Å². The van der Waals surface area contributed by atoms with Crippen LogP contribution in [0, 0.1) is 10.1 Å². The molecule has 0 spiro atoms. The van der Waals surface area contributed by atoms with Crippen LogP contribution in [-0.4, -0.2) is 34.1 Å². The number of nitrogens with zero attached hydrogens (tertiary/aromatic N) is 1. The summed E-state index contributed by atoms with van der Waals surface area (Å²) in [6, 6.07) is 1.22. The number of amides is 3. The molecule has 1 aromatic rings. The highest BCUT2D eigenvalue weighted by molar-refractivity contribution is 9.10. The van der Waals surface area contributed by atoms with Crippen LogP contribution in [0.5, 0.6) is 5.75 Å². The number of benzene rings is 1. The second-order valence-electron chi connectivity index (χ2n) is 4.29. The van der Waals surface area contributed by atoms with Gasteiger partial charge in [-0.25, -0.2) is 4.79 Å². The topological polar surface area (TPSA) is 122 Å². The Hall–Kier alpha value is -2.42. The van der Waals surface area contributed by atoms with Crippen molar-refractivity contribution in [3.05, 3.63) is 44.4 Å². The van der Waals surface area contributed by atoms with Crippen molar-refractivity contribution >= 4 is 33.9 Å². The van der Waals surface area contributed by atoms with Gasteiger partial charge in [-0.3, -0.25) is 20.2 Å². The summed E-state index contributed by atoms with van der Waals surface area (Å²) in [5, 5.41) is 24.5. The Morgan fingerprint density at radius 1 is 1.38 bits per heavy atom. The quantitative estimate of drug-likeness (QED) is 0.552. The van der Waals surface area contributed by atoms with Gasteiger partial charge in [0.05, 0.1) is 4.47 Å². The molecule has 0 bridgehead atoms. The fourth-order valence-corrected chi connectivity index (χ4v) is 2.23. The molecule has 3 N–H and O–H groups in total. The molecule has 2 atom stereocenters. The number of nitrogens with one attached hydrogen (secondary N) is 2. The van der Waals surface area contributed by atoms with Crippen molar-refractivity contribution in [2.45, 2.75) is 12.1 Å². The van der Waals surface area contributed by atoms with Gasteiger partial charge in [0.25, 0.3) is 0 Å². The van der Waals surface area contributed by atoms with Gasteiger partial charge in [0.2, 0.25) is 0 Å². The molecule has 0 saturated carbocycles. The maximum absolute atomic E-state index is 11.5. The molecule has 1 aliphatic rings. The van der Waals surface area contributed by atoms with E-state index >= 15 is 0 Å². The molecule has 8 nitrogen and oxygen atoms in total. The van der Waals surface area contributed by atoms with Crippen LogP contribution in [0.25, 0.3) is 6.08 Å². The monoisotopic (exact) mass is 355 g/mol. The van der Waals surface area contributed by atoms with E-state index in [2.05, 4.69) is 21.2 Å². The van der Waals surface area contributed by atoms with E-state index in [1.165, 1.54) is 18.2 Å². The van der Waals surface area contributed by atoms with Crippen molar-refractivity contribution in [2.24, 2.45) is 0 Å². The third kappa shape index (κ3) is 3.37. The van der Waals surface area contributed by atoms with E-state index in [1.54, 1.807) is 12.1 Å². The van der Waals surface area contributed by atoms with E-state index in [0.717, 1.165) is 0 Å². The lowest BCUT2D eigenvalue weighted by molar-refractivity contribution is -0.510. The van der Waals surface area contributed by atoms with Crippen molar-refractivity contribution in [1.29, 1.82) is 0 Å².